The van der Waals surface area contributed by atoms with Gasteiger partial charge >= 0.3 is 11.9 Å². The Morgan fingerprint density at radius 2 is 1.35 bits per heavy atom. The number of nitro groups is 1. The summed E-state index contributed by atoms with van der Waals surface area (Å²) >= 11 is 0. The molecule has 0 unspecified atom stereocenters. The molecule has 0 saturated carbocycles. The molecule has 1 aliphatic rings. The first-order valence-corrected chi connectivity index (χ1v) is 11.0. The highest BCUT2D eigenvalue weighted by Crippen LogP contribution is 2.54. The predicted molar refractivity (Wildman–Crippen MR) is 127 cm³/mol. The molecule has 172 valence electrons. The van der Waals surface area contributed by atoms with E-state index in [1.807, 2.05) is 42.5 Å². The minimum Gasteiger partial charge on any atom is -0.465 e. The molecule has 1 aliphatic carbocycles. The van der Waals surface area contributed by atoms with Crippen molar-refractivity contribution in [3.8, 4) is 0 Å². The highest BCUT2D eigenvalue weighted by Gasteiger charge is 2.59. The molecule has 3 aromatic rings. The van der Waals surface area contributed by atoms with Crippen LogP contribution in [0.4, 0.5) is 5.69 Å². The number of esters is 2. The molecule has 0 spiro atoms. The summed E-state index contributed by atoms with van der Waals surface area (Å²) in [6.07, 6.45) is 0. The molecule has 0 heterocycles. The third-order valence-electron chi connectivity index (χ3n) is 5.82. The van der Waals surface area contributed by atoms with Gasteiger partial charge in [0.1, 0.15) is 0 Å². The minimum absolute atomic E-state index is 0.0565. The van der Waals surface area contributed by atoms with Crippen LogP contribution in [0.15, 0.2) is 78.9 Å². The van der Waals surface area contributed by atoms with Gasteiger partial charge in [-0.25, -0.2) is 0 Å². The SMILES string of the molecule is CCOC(=O)C1(C(=O)OCC)C(c2ccccc2)=C(c2ccc([N+](=O)[O-])cc2)c2ccccc21. The van der Waals surface area contributed by atoms with Crippen molar-refractivity contribution in [1.29, 1.82) is 0 Å². The Morgan fingerprint density at radius 3 is 1.91 bits per heavy atom. The Labute approximate surface area is 196 Å². The second-order valence-corrected chi connectivity index (χ2v) is 7.66. The van der Waals surface area contributed by atoms with Gasteiger partial charge in [0.25, 0.3) is 5.69 Å². The molecule has 0 amide bonds. The standard InChI is InChI=1S/C27H23NO6/c1-3-33-25(29)27(26(30)34-4-2)22-13-9-8-12-21(22)23(24(27)19-10-6-5-7-11-19)18-14-16-20(17-15-18)28(31)32/h5-17H,3-4H2,1-2H3. The van der Waals surface area contributed by atoms with Crippen molar-refractivity contribution in [1.82, 2.24) is 0 Å². The van der Waals surface area contributed by atoms with E-state index in [0.29, 0.717) is 33.4 Å². The lowest BCUT2D eigenvalue weighted by Crippen LogP contribution is -2.46. The van der Waals surface area contributed by atoms with Crippen LogP contribution in [-0.2, 0) is 24.5 Å². The average Bonchev–Trinajstić information content (AvgIpc) is 3.17. The lowest BCUT2D eigenvalue weighted by atomic mass is 9.74. The molecule has 0 bridgehead atoms. The van der Waals surface area contributed by atoms with Gasteiger partial charge in [0, 0.05) is 17.7 Å². The molecule has 0 fully saturated rings. The molecule has 0 N–H and O–H groups in total. The van der Waals surface area contributed by atoms with Gasteiger partial charge in [-0.05, 0) is 53.8 Å². The van der Waals surface area contributed by atoms with Gasteiger partial charge in [0.05, 0.1) is 18.1 Å². The van der Waals surface area contributed by atoms with Crippen LogP contribution in [0.1, 0.15) is 36.1 Å². The summed E-state index contributed by atoms with van der Waals surface area (Å²) < 4.78 is 11.0. The number of rotatable bonds is 7. The second kappa shape index (κ2) is 9.31. The van der Waals surface area contributed by atoms with Crippen molar-refractivity contribution in [3.63, 3.8) is 0 Å². The first kappa shape index (κ1) is 22.9. The fraction of sp³-hybridized carbons (Fsp3) is 0.185. The van der Waals surface area contributed by atoms with Gasteiger partial charge < -0.3 is 9.47 Å². The number of nitrogens with zero attached hydrogens (tertiary/aromatic N) is 1. The van der Waals surface area contributed by atoms with E-state index in [1.165, 1.54) is 12.1 Å². The molecular formula is C27H23NO6. The third-order valence-corrected chi connectivity index (χ3v) is 5.82. The number of carbonyl (C=O) groups excluding carboxylic acids is 2. The summed E-state index contributed by atoms with van der Waals surface area (Å²) in [5, 5.41) is 11.2. The Morgan fingerprint density at radius 1 is 0.794 bits per heavy atom. The van der Waals surface area contributed by atoms with Crippen molar-refractivity contribution in [3.05, 3.63) is 111 Å². The van der Waals surface area contributed by atoms with Crippen LogP contribution >= 0.6 is 0 Å². The third kappa shape index (κ3) is 3.55. The van der Waals surface area contributed by atoms with E-state index in [4.69, 9.17) is 9.47 Å². The number of benzene rings is 3. The normalized spacial score (nSPS) is 13.8. The highest BCUT2D eigenvalue weighted by atomic mass is 16.6. The van der Waals surface area contributed by atoms with Gasteiger partial charge in [-0.3, -0.25) is 19.7 Å². The van der Waals surface area contributed by atoms with E-state index in [9.17, 15) is 19.7 Å². The van der Waals surface area contributed by atoms with Crippen molar-refractivity contribution < 1.29 is 24.0 Å². The Kier molecular flexibility index (Phi) is 6.27. The summed E-state index contributed by atoms with van der Waals surface area (Å²) in [6.45, 7) is 3.52. The largest absolute Gasteiger partial charge is 0.465 e. The lowest BCUT2D eigenvalue weighted by molar-refractivity contribution is -0.384. The topological polar surface area (TPSA) is 95.7 Å². The van der Waals surface area contributed by atoms with E-state index < -0.39 is 22.3 Å². The molecule has 3 aromatic carbocycles. The number of nitro benzene ring substituents is 1. The monoisotopic (exact) mass is 457 g/mol. The summed E-state index contributed by atoms with van der Waals surface area (Å²) in [5.74, 6) is -1.45. The highest BCUT2D eigenvalue weighted by molar-refractivity contribution is 6.27. The number of fused-ring (bicyclic) bond motifs is 1. The summed E-state index contributed by atoms with van der Waals surface area (Å²) in [7, 11) is 0. The summed E-state index contributed by atoms with van der Waals surface area (Å²) in [6, 6.07) is 22.3. The zero-order valence-electron chi connectivity index (χ0n) is 18.8. The zero-order valence-corrected chi connectivity index (χ0v) is 18.8. The van der Waals surface area contributed by atoms with Crippen LogP contribution in [0.25, 0.3) is 11.1 Å². The zero-order chi connectivity index (χ0) is 24.3. The van der Waals surface area contributed by atoms with E-state index in [0.717, 1.165) is 0 Å². The Hall–Kier alpha value is -4.26. The van der Waals surface area contributed by atoms with Gasteiger partial charge in [-0.15, -0.1) is 0 Å². The van der Waals surface area contributed by atoms with Crippen molar-refractivity contribution >= 4 is 28.8 Å². The van der Waals surface area contributed by atoms with E-state index in [-0.39, 0.29) is 18.9 Å². The fourth-order valence-corrected chi connectivity index (χ4v) is 4.49. The average molecular weight is 457 g/mol. The molecule has 0 atom stereocenters. The minimum atomic E-state index is -1.85. The van der Waals surface area contributed by atoms with Crippen LogP contribution in [0, 0.1) is 10.1 Å². The maximum atomic E-state index is 13.7. The van der Waals surface area contributed by atoms with Gasteiger partial charge in [0.2, 0.25) is 5.41 Å². The van der Waals surface area contributed by atoms with Crippen LogP contribution < -0.4 is 0 Å². The molecule has 0 aliphatic heterocycles. The smallest absolute Gasteiger partial charge is 0.332 e. The quantitative estimate of drug-likeness (QED) is 0.216. The Balaban J connectivity index is 2.14. The van der Waals surface area contributed by atoms with Crippen molar-refractivity contribution in [2.24, 2.45) is 0 Å². The number of hydrogen-bond acceptors (Lipinski definition) is 6. The lowest BCUT2D eigenvalue weighted by Gasteiger charge is -2.29. The van der Waals surface area contributed by atoms with Gasteiger partial charge in [0.15, 0.2) is 0 Å². The van der Waals surface area contributed by atoms with Crippen LogP contribution in [-0.4, -0.2) is 30.1 Å². The van der Waals surface area contributed by atoms with E-state index in [1.54, 1.807) is 38.1 Å². The molecule has 34 heavy (non-hydrogen) atoms. The molecule has 0 radical (unpaired) electrons. The molecule has 0 saturated heterocycles. The molecule has 7 nitrogen and oxygen atoms in total. The number of hydrogen-bond donors (Lipinski definition) is 0. The van der Waals surface area contributed by atoms with Crippen molar-refractivity contribution in [2.45, 2.75) is 19.3 Å². The van der Waals surface area contributed by atoms with E-state index >= 15 is 0 Å². The molecule has 7 heteroatoms. The maximum absolute atomic E-state index is 13.7. The predicted octanol–water partition coefficient (Wildman–Crippen LogP) is 4.93. The number of non-ortho nitro benzene ring substituents is 1. The number of ether oxygens (including phenoxy) is 2. The van der Waals surface area contributed by atoms with Gasteiger partial charge in [-0.1, -0.05) is 54.6 Å². The maximum Gasteiger partial charge on any atom is 0.332 e. The molecule has 0 aromatic heterocycles. The van der Waals surface area contributed by atoms with Crippen LogP contribution in [0.2, 0.25) is 0 Å². The molecular weight excluding hydrogens is 434 g/mol. The number of carbonyl (C=O) groups is 2. The van der Waals surface area contributed by atoms with Crippen LogP contribution in [0.3, 0.4) is 0 Å². The second-order valence-electron chi connectivity index (χ2n) is 7.66. The van der Waals surface area contributed by atoms with Gasteiger partial charge in [-0.2, -0.15) is 0 Å². The molecule has 4 rings (SSSR count). The fourth-order valence-electron chi connectivity index (χ4n) is 4.49. The Bertz CT molecular complexity index is 1260. The van der Waals surface area contributed by atoms with Crippen LogP contribution in [0.5, 0.6) is 0 Å². The van der Waals surface area contributed by atoms with E-state index in [2.05, 4.69) is 0 Å². The first-order valence-electron chi connectivity index (χ1n) is 11.0. The summed E-state index contributed by atoms with van der Waals surface area (Å²) in [4.78, 5) is 38.2. The summed E-state index contributed by atoms with van der Waals surface area (Å²) in [5.41, 5.74) is 1.55. The van der Waals surface area contributed by atoms with Crippen molar-refractivity contribution in [2.75, 3.05) is 13.2 Å². The first-order chi connectivity index (χ1) is 16.5.